The molecule has 0 saturated heterocycles. The third kappa shape index (κ3) is 5.22. The smallest absolute Gasteiger partial charge is 0.00534 e. The molecule has 17 heavy (non-hydrogen) atoms. The summed E-state index contributed by atoms with van der Waals surface area (Å²) in [5, 5.41) is 3.51. The molecule has 98 valence electrons. The highest BCUT2D eigenvalue weighted by molar-refractivity contribution is 7.11. The van der Waals surface area contributed by atoms with Crippen molar-refractivity contribution in [2.75, 3.05) is 6.54 Å². The maximum atomic E-state index is 3.51. The van der Waals surface area contributed by atoms with E-state index in [-0.39, 0.29) is 0 Å². The van der Waals surface area contributed by atoms with Crippen LogP contribution in [-0.2, 0) is 12.8 Å². The van der Waals surface area contributed by atoms with Crippen LogP contribution in [0.5, 0.6) is 0 Å². The first-order chi connectivity index (χ1) is 7.96. The van der Waals surface area contributed by atoms with Crippen LogP contribution in [0.2, 0.25) is 0 Å². The maximum absolute atomic E-state index is 3.51. The van der Waals surface area contributed by atoms with E-state index in [1.165, 1.54) is 29.0 Å². The maximum Gasteiger partial charge on any atom is 0.00534 e. The Bertz CT molecular complexity index is 327. The molecule has 0 radical (unpaired) electrons. The van der Waals surface area contributed by atoms with Gasteiger partial charge in [0.05, 0.1) is 0 Å². The summed E-state index contributed by atoms with van der Waals surface area (Å²) in [6.45, 7) is 12.5. The highest BCUT2D eigenvalue weighted by atomic mass is 32.1. The molecule has 1 nitrogen and oxygen atoms in total. The molecular formula is C15H27NS. The summed E-state index contributed by atoms with van der Waals surface area (Å²) in [7, 11) is 0. The quantitative estimate of drug-likeness (QED) is 0.765. The van der Waals surface area contributed by atoms with Gasteiger partial charge in [-0.1, -0.05) is 27.7 Å². The van der Waals surface area contributed by atoms with E-state index in [1.54, 1.807) is 0 Å². The third-order valence-corrected chi connectivity index (χ3v) is 4.36. The lowest BCUT2D eigenvalue weighted by atomic mass is 9.82. The standard InChI is InChI=1S/C15H27NS/c1-6-13-8-9-14(17-13)11-15(4,5)10-12(3)16-7-2/h8-9,12,16H,6-7,10-11H2,1-5H3. The van der Waals surface area contributed by atoms with Gasteiger partial charge >= 0.3 is 0 Å². The Labute approximate surface area is 111 Å². The normalized spacial score (nSPS) is 13.9. The average Bonchev–Trinajstić information content (AvgIpc) is 2.63. The number of nitrogens with one attached hydrogen (secondary N) is 1. The van der Waals surface area contributed by atoms with E-state index in [4.69, 9.17) is 0 Å². The molecule has 0 saturated carbocycles. The van der Waals surface area contributed by atoms with Crippen molar-refractivity contribution >= 4 is 11.3 Å². The Hall–Kier alpha value is -0.340. The monoisotopic (exact) mass is 253 g/mol. The van der Waals surface area contributed by atoms with Gasteiger partial charge < -0.3 is 5.32 Å². The fraction of sp³-hybridized carbons (Fsp3) is 0.733. The average molecular weight is 253 g/mol. The van der Waals surface area contributed by atoms with Gasteiger partial charge in [0.15, 0.2) is 0 Å². The van der Waals surface area contributed by atoms with Crippen molar-refractivity contribution in [3.05, 3.63) is 21.9 Å². The van der Waals surface area contributed by atoms with Crippen LogP contribution in [0.3, 0.4) is 0 Å². The summed E-state index contributed by atoms with van der Waals surface area (Å²) < 4.78 is 0. The molecule has 0 bridgehead atoms. The Morgan fingerprint density at radius 3 is 2.41 bits per heavy atom. The van der Waals surface area contributed by atoms with Crippen LogP contribution in [0, 0.1) is 5.41 Å². The summed E-state index contributed by atoms with van der Waals surface area (Å²) in [6.07, 6.45) is 3.60. The predicted octanol–water partition coefficient (Wildman–Crippen LogP) is 4.27. The molecule has 0 fully saturated rings. The Balaban J connectivity index is 2.53. The lowest BCUT2D eigenvalue weighted by molar-refractivity contribution is 0.290. The predicted molar refractivity (Wildman–Crippen MR) is 78.9 cm³/mol. The molecule has 1 N–H and O–H groups in total. The molecule has 0 aliphatic rings. The molecule has 1 unspecified atom stereocenters. The largest absolute Gasteiger partial charge is 0.315 e. The van der Waals surface area contributed by atoms with Crippen LogP contribution < -0.4 is 5.32 Å². The Morgan fingerprint density at radius 1 is 1.24 bits per heavy atom. The Kier molecular flexibility index (Phi) is 5.68. The first kappa shape index (κ1) is 14.7. The number of thiophene rings is 1. The van der Waals surface area contributed by atoms with Crippen LogP contribution in [0.25, 0.3) is 0 Å². The van der Waals surface area contributed by atoms with Crippen molar-refractivity contribution in [2.45, 2.75) is 59.9 Å². The van der Waals surface area contributed by atoms with Crippen molar-refractivity contribution in [3.63, 3.8) is 0 Å². The summed E-state index contributed by atoms with van der Waals surface area (Å²) >= 11 is 1.98. The van der Waals surface area contributed by atoms with Gasteiger partial charge in [-0.15, -0.1) is 11.3 Å². The van der Waals surface area contributed by atoms with Crippen LogP contribution in [-0.4, -0.2) is 12.6 Å². The number of rotatable bonds is 7. The van der Waals surface area contributed by atoms with Crippen molar-refractivity contribution in [3.8, 4) is 0 Å². The minimum atomic E-state index is 0.386. The van der Waals surface area contributed by atoms with Gasteiger partial charge in [0.25, 0.3) is 0 Å². The summed E-state index contributed by atoms with van der Waals surface area (Å²) in [5.41, 5.74) is 0.386. The molecular weight excluding hydrogens is 226 g/mol. The first-order valence-electron chi connectivity index (χ1n) is 6.78. The molecule has 1 aromatic rings. The van der Waals surface area contributed by atoms with Crippen molar-refractivity contribution in [1.82, 2.24) is 5.32 Å². The third-order valence-electron chi connectivity index (χ3n) is 3.13. The highest BCUT2D eigenvalue weighted by Gasteiger charge is 2.22. The van der Waals surface area contributed by atoms with E-state index in [9.17, 15) is 0 Å². The number of hydrogen-bond donors (Lipinski definition) is 1. The van der Waals surface area contributed by atoms with E-state index in [2.05, 4.69) is 52.1 Å². The van der Waals surface area contributed by atoms with Crippen LogP contribution in [0.15, 0.2) is 12.1 Å². The van der Waals surface area contributed by atoms with Crippen molar-refractivity contribution in [1.29, 1.82) is 0 Å². The second-order valence-corrected chi connectivity index (χ2v) is 6.98. The van der Waals surface area contributed by atoms with Crippen molar-refractivity contribution in [2.24, 2.45) is 5.41 Å². The molecule has 0 aromatic carbocycles. The zero-order valence-electron chi connectivity index (χ0n) is 12.0. The second kappa shape index (κ2) is 6.55. The van der Waals surface area contributed by atoms with Crippen LogP contribution in [0.4, 0.5) is 0 Å². The zero-order valence-corrected chi connectivity index (χ0v) is 12.8. The van der Waals surface area contributed by atoms with Gasteiger partial charge in [-0.05, 0) is 50.3 Å². The summed E-state index contributed by atoms with van der Waals surface area (Å²) in [5.74, 6) is 0. The minimum Gasteiger partial charge on any atom is -0.315 e. The van der Waals surface area contributed by atoms with Crippen LogP contribution in [0.1, 0.15) is 50.8 Å². The second-order valence-electron chi connectivity index (χ2n) is 5.73. The lowest BCUT2D eigenvalue weighted by Gasteiger charge is -2.28. The number of aryl methyl sites for hydroxylation is 1. The fourth-order valence-corrected chi connectivity index (χ4v) is 3.72. The van der Waals surface area contributed by atoms with E-state index in [0.29, 0.717) is 11.5 Å². The van der Waals surface area contributed by atoms with E-state index in [0.717, 1.165) is 6.54 Å². The molecule has 2 heteroatoms. The van der Waals surface area contributed by atoms with E-state index < -0.39 is 0 Å². The van der Waals surface area contributed by atoms with Gasteiger partial charge in [-0.25, -0.2) is 0 Å². The molecule has 1 rings (SSSR count). The molecule has 1 heterocycles. The molecule has 0 aliphatic heterocycles. The summed E-state index contributed by atoms with van der Waals surface area (Å²) in [6, 6.07) is 5.20. The zero-order chi connectivity index (χ0) is 12.9. The van der Waals surface area contributed by atoms with Gasteiger partial charge in [-0.3, -0.25) is 0 Å². The van der Waals surface area contributed by atoms with Crippen molar-refractivity contribution < 1.29 is 0 Å². The molecule has 0 spiro atoms. The Morgan fingerprint density at radius 2 is 1.88 bits per heavy atom. The van der Waals surface area contributed by atoms with Gasteiger partial charge in [0, 0.05) is 15.8 Å². The van der Waals surface area contributed by atoms with Gasteiger partial charge in [0.2, 0.25) is 0 Å². The first-order valence-corrected chi connectivity index (χ1v) is 7.59. The summed E-state index contributed by atoms with van der Waals surface area (Å²) in [4.78, 5) is 3.05. The van der Waals surface area contributed by atoms with Crippen LogP contribution >= 0.6 is 11.3 Å². The van der Waals surface area contributed by atoms with Gasteiger partial charge in [-0.2, -0.15) is 0 Å². The molecule has 1 atom stereocenters. The lowest BCUT2D eigenvalue weighted by Crippen LogP contribution is -2.31. The fourth-order valence-electron chi connectivity index (χ4n) is 2.50. The number of hydrogen-bond acceptors (Lipinski definition) is 2. The van der Waals surface area contributed by atoms with E-state index in [1.807, 2.05) is 11.3 Å². The molecule has 0 aliphatic carbocycles. The molecule has 0 amide bonds. The SMILES string of the molecule is CCNC(C)CC(C)(C)Cc1ccc(CC)s1. The van der Waals surface area contributed by atoms with E-state index >= 15 is 0 Å². The highest BCUT2D eigenvalue weighted by Crippen LogP contribution is 2.30. The van der Waals surface area contributed by atoms with Gasteiger partial charge in [0.1, 0.15) is 0 Å². The minimum absolute atomic E-state index is 0.386. The molecule has 1 aromatic heterocycles. The topological polar surface area (TPSA) is 12.0 Å².